The Morgan fingerprint density at radius 1 is 1.25 bits per heavy atom. The molecule has 0 amide bonds. The maximum atomic E-state index is 5.44. The molecule has 6 nitrogen and oxygen atoms in total. The Balaban J connectivity index is 1.99. The summed E-state index contributed by atoms with van der Waals surface area (Å²) in [6.07, 6.45) is 0.0247. The lowest BCUT2D eigenvalue weighted by atomic mass is 10.1. The van der Waals surface area contributed by atoms with Crippen LogP contribution in [0.4, 0.5) is 0 Å². The highest BCUT2D eigenvalue weighted by Gasteiger charge is 2.12. The fraction of sp³-hybridized carbons (Fsp3) is 0.524. The molecule has 1 heterocycles. The monoisotopic (exact) mass is 404 g/mol. The van der Waals surface area contributed by atoms with E-state index in [2.05, 4.69) is 51.8 Å². The molecular formula is C21H32N4O2S. The molecule has 0 saturated heterocycles. The predicted octanol–water partition coefficient (Wildman–Crippen LogP) is 3.98. The minimum atomic E-state index is 0.0247. The Hall–Kier alpha value is -1.96. The van der Waals surface area contributed by atoms with E-state index < -0.39 is 0 Å². The molecule has 0 aliphatic heterocycles. The molecule has 2 aromatic rings. The average Bonchev–Trinajstić information content (AvgIpc) is 3.18. The van der Waals surface area contributed by atoms with Gasteiger partial charge in [-0.25, -0.2) is 9.98 Å². The van der Waals surface area contributed by atoms with Crippen LogP contribution in [0.2, 0.25) is 0 Å². The number of benzene rings is 1. The highest BCUT2D eigenvalue weighted by Crippen LogP contribution is 2.21. The lowest BCUT2D eigenvalue weighted by Crippen LogP contribution is -2.38. The molecule has 0 aliphatic carbocycles. The van der Waals surface area contributed by atoms with Crippen LogP contribution in [0.1, 0.15) is 48.7 Å². The molecule has 1 N–H and O–H groups in total. The normalized spacial score (nSPS) is 12.8. The number of hydrogen-bond acceptors (Lipinski definition) is 5. The first kappa shape index (κ1) is 22.3. The standard InChI is InChI=1S/C21H32N4O2S/c1-6-22-21(23-12-17-8-10-18(11-9-17)14-27-7-2)25(4)13-19-15-28-20(24-19)16(3)26-5/h8-11,15-16H,6-7,12-14H2,1-5H3,(H,22,23). The summed E-state index contributed by atoms with van der Waals surface area (Å²) in [7, 11) is 3.74. The first-order chi connectivity index (χ1) is 13.6. The third-order valence-corrected chi connectivity index (χ3v) is 5.33. The van der Waals surface area contributed by atoms with Gasteiger partial charge in [-0.2, -0.15) is 0 Å². The van der Waals surface area contributed by atoms with Gasteiger partial charge in [0.25, 0.3) is 0 Å². The van der Waals surface area contributed by atoms with Gasteiger partial charge in [-0.15, -0.1) is 11.3 Å². The Morgan fingerprint density at radius 3 is 2.61 bits per heavy atom. The zero-order chi connectivity index (χ0) is 20.4. The van der Waals surface area contributed by atoms with Gasteiger partial charge in [0.1, 0.15) is 11.1 Å². The van der Waals surface area contributed by atoms with Crippen molar-refractivity contribution in [1.82, 2.24) is 15.2 Å². The van der Waals surface area contributed by atoms with E-state index >= 15 is 0 Å². The van der Waals surface area contributed by atoms with Crippen LogP contribution >= 0.6 is 11.3 Å². The SMILES string of the molecule is CCNC(=NCc1ccc(COCC)cc1)N(C)Cc1csc(C(C)OC)n1. The van der Waals surface area contributed by atoms with Gasteiger partial charge in [0.2, 0.25) is 0 Å². The number of methoxy groups -OCH3 is 1. The molecule has 0 bridgehead atoms. The van der Waals surface area contributed by atoms with Crippen molar-refractivity contribution in [3.63, 3.8) is 0 Å². The quantitative estimate of drug-likeness (QED) is 0.479. The molecule has 1 aromatic heterocycles. The number of nitrogens with zero attached hydrogens (tertiary/aromatic N) is 3. The second kappa shape index (κ2) is 11.8. The summed E-state index contributed by atoms with van der Waals surface area (Å²) in [5.41, 5.74) is 3.38. The van der Waals surface area contributed by atoms with Crippen LogP contribution in [-0.2, 0) is 29.2 Å². The fourth-order valence-electron chi connectivity index (χ4n) is 2.60. The third kappa shape index (κ3) is 6.89. The number of aromatic nitrogens is 1. The van der Waals surface area contributed by atoms with Crippen LogP contribution in [0, 0.1) is 0 Å². The molecule has 1 aromatic carbocycles. The van der Waals surface area contributed by atoms with Crippen molar-refractivity contribution in [2.24, 2.45) is 4.99 Å². The summed E-state index contributed by atoms with van der Waals surface area (Å²) in [6, 6.07) is 8.43. The van der Waals surface area contributed by atoms with Gasteiger partial charge < -0.3 is 19.7 Å². The van der Waals surface area contributed by atoms with Crippen molar-refractivity contribution in [3.8, 4) is 0 Å². The Bertz CT molecular complexity index is 730. The van der Waals surface area contributed by atoms with Crippen LogP contribution in [0.25, 0.3) is 0 Å². The summed E-state index contributed by atoms with van der Waals surface area (Å²) in [4.78, 5) is 11.6. The van der Waals surface area contributed by atoms with Crippen LogP contribution in [0.15, 0.2) is 34.6 Å². The zero-order valence-electron chi connectivity index (χ0n) is 17.6. The second-order valence-electron chi connectivity index (χ2n) is 6.53. The molecule has 2 rings (SSSR count). The first-order valence-corrected chi connectivity index (χ1v) is 10.6. The van der Waals surface area contributed by atoms with Gasteiger partial charge in [0, 0.05) is 32.7 Å². The molecule has 0 radical (unpaired) electrons. The molecule has 0 fully saturated rings. The zero-order valence-corrected chi connectivity index (χ0v) is 18.4. The first-order valence-electron chi connectivity index (χ1n) is 9.69. The molecule has 28 heavy (non-hydrogen) atoms. The van der Waals surface area contributed by atoms with E-state index in [0.717, 1.165) is 29.8 Å². The van der Waals surface area contributed by atoms with Gasteiger partial charge >= 0.3 is 0 Å². The van der Waals surface area contributed by atoms with Crippen molar-refractivity contribution in [2.45, 2.75) is 46.6 Å². The number of rotatable bonds is 10. The van der Waals surface area contributed by atoms with Gasteiger partial charge in [-0.05, 0) is 31.9 Å². The van der Waals surface area contributed by atoms with Crippen LogP contribution in [0.5, 0.6) is 0 Å². The molecule has 0 spiro atoms. The number of thiazole rings is 1. The van der Waals surface area contributed by atoms with E-state index in [1.165, 1.54) is 11.1 Å². The van der Waals surface area contributed by atoms with Crippen LogP contribution in [-0.4, -0.2) is 43.2 Å². The molecule has 0 aliphatic rings. The number of nitrogens with one attached hydrogen (secondary N) is 1. The number of ether oxygens (including phenoxy) is 2. The number of guanidine groups is 1. The second-order valence-corrected chi connectivity index (χ2v) is 7.42. The molecular weight excluding hydrogens is 372 g/mol. The van der Waals surface area contributed by atoms with E-state index in [1.807, 2.05) is 20.9 Å². The summed E-state index contributed by atoms with van der Waals surface area (Å²) in [5.74, 6) is 0.871. The Morgan fingerprint density at radius 2 is 1.96 bits per heavy atom. The maximum absolute atomic E-state index is 5.44. The topological polar surface area (TPSA) is 59.0 Å². The molecule has 1 atom stereocenters. The van der Waals surface area contributed by atoms with E-state index in [1.54, 1.807) is 18.4 Å². The van der Waals surface area contributed by atoms with E-state index in [4.69, 9.17) is 14.5 Å². The van der Waals surface area contributed by atoms with Crippen molar-refractivity contribution in [1.29, 1.82) is 0 Å². The van der Waals surface area contributed by atoms with Gasteiger partial charge in [-0.1, -0.05) is 24.3 Å². The highest BCUT2D eigenvalue weighted by molar-refractivity contribution is 7.09. The molecule has 0 saturated carbocycles. The lowest BCUT2D eigenvalue weighted by molar-refractivity contribution is 0.119. The minimum Gasteiger partial charge on any atom is -0.377 e. The van der Waals surface area contributed by atoms with E-state index in [9.17, 15) is 0 Å². The highest BCUT2D eigenvalue weighted by atomic mass is 32.1. The Kier molecular flexibility index (Phi) is 9.40. The lowest BCUT2D eigenvalue weighted by Gasteiger charge is -2.21. The predicted molar refractivity (Wildman–Crippen MR) is 116 cm³/mol. The minimum absolute atomic E-state index is 0.0247. The Labute approximate surface area is 172 Å². The van der Waals surface area contributed by atoms with E-state index in [0.29, 0.717) is 19.7 Å². The third-order valence-electron chi connectivity index (χ3n) is 4.27. The van der Waals surface area contributed by atoms with Crippen molar-refractivity contribution >= 4 is 17.3 Å². The van der Waals surface area contributed by atoms with Crippen LogP contribution in [0.3, 0.4) is 0 Å². The van der Waals surface area contributed by atoms with Crippen molar-refractivity contribution < 1.29 is 9.47 Å². The number of aliphatic imine (C=N–C) groups is 1. The average molecular weight is 405 g/mol. The largest absolute Gasteiger partial charge is 0.377 e. The summed E-state index contributed by atoms with van der Waals surface area (Å²) in [6.45, 7) is 9.63. The summed E-state index contributed by atoms with van der Waals surface area (Å²) < 4.78 is 10.8. The van der Waals surface area contributed by atoms with E-state index in [-0.39, 0.29) is 6.10 Å². The van der Waals surface area contributed by atoms with Gasteiger partial charge in [0.05, 0.1) is 25.4 Å². The summed E-state index contributed by atoms with van der Waals surface area (Å²) >= 11 is 1.63. The molecule has 1 unspecified atom stereocenters. The van der Waals surface area contributed by atoms with Crippen molar-refractivity contribution in [3.05, 3.63) is 51.5 Å². The van der Waals surface area contributed by atoms with Gasteiger partial charge in [-0.3, -0.25) is 0 Å². The number of hydrogen-bond donors (Lipinski definition) is 1. The maximum Gasteiger partial charge on any atom is 0.194 e. The van der Waals surface area contributed by atoms with Crippen molar-refractivity contribution in [2.75, 3.05) is 27.3 Å². The fourth-order valence-corrected chi connectivity index (χ4v) is 3.44. The smallest absolute Gasteiger partial charge is 0.194 e. The molecule has 7 heteroatoms. The van der Waals surface area contributed by atoms with Crippen LogP contribution < -0.4 is 5.32 Å². The van der Waals surface area contributed by atoms with Gasteiger partial charge in [0.15, 0.2) is 5.96 Å². The summed E-state index contributed by atoms with van der Waals surface area (Å²) in [5, 5.41) is 6.45. The molecule has 154 valence electrons.